The van der Waals surface area contributed by atoms with Gasteiger partial charge in [-0.1, -0.05) is 0 Å². The number of rotatable bonds is 10. The van der Waals surface area contributed by atoms with Crippen LogP contribution in [0.3, 0.4) is 0 Å². The molecule has 1 fully saturated rings. The average molecular weight is 532 g/mol. The van der Waals surface area contributed by atoms with Crippen LogP contribution in [0, 0.1) is 5.92 Å². The maximum atomic E-state index is 12.9. The monoisotopic (exact) mass is 532 g/mol. The normalized spacial score (nSPS) is 17.0. The third-order valence-electron chi connectivity index (χ3n) is 4.07. The van der Waals surface area contributed by atoms with Crippen LogP contribution in [-0.2, 0) is 15.7 Å². The smallest absolute Gasteiger partial charge is 0.421 e. The Bertz CT molecular complexity index is 614. The molecule has 0 spiro atoms. The number of ether oxygens (including phenoxy) is 3. The molecule has 7 nitrogen and oxygen atoms in total. The Kier molecular flexibility index (Phi) is 12.2. The molecule has 0 radical (unpaired) electrons. The van der Waals surface area contributed by atoms with Crippen LogP contribution < -0.4 is 15.4 Å². The highest BCUT2D eigenvalue weighted by atomic mass is 127. The summed E-state index contributed by atoms with van der Waals surface area (Å²) in [5, 5.41) is 6.10. The number of nitrogens with one attached hydrogen (secondary N) is 2. The van der Waals surface area contributed by atoms with E-state index in [0.29, 0.717) is 25.0 Å². The van der Waals surface area contributed by atoms with Crippen molar-refractivity contribution in [3.05, 3.63) is 23.9 Å². The first-order valence-corrected chi connectivity index (χ1v) is 9.25. The number of nitrogens with zero attached hydrogens (tertiary/aromatic N) is 2. The van der Waals surface area contributed by atoms with E-state index in [1.807, 2.05) is 0 Å². The van der Waals surface area contributed by atoms with Gasteiger partial charge in [-0.25, -0.2) is 4.98 Å². The number of pyridine rings is 1. The molecule has 2 N–H and O–H groups in total. The molecule has 11 heteroatoms. The van der Waals surface area contributed by atoms with Gasteiger partial charge in [0.15, 0.2) is 5.96 Å². The molecule has 1 atom stereocenters. The summed E-state index contributed by atoms with van der Waals surface area (Å²) in [6.07, 6.45) is -1.37. The Morgan fingerprint density at radius 1 is 1.31 bits per heavy atom. The van der Waals surface area contributed by atoms with Crippen LogP contribution in [-0.4, -0.2) is 64.1 Å². The van der Waals surface area contributed by atoms with E-state index < -0.39 is 17.6 Å². The molecule has 0 bridgehead atoms. The van der Waals surface area contributed by atoms with E-state index in [1.165, 1.54) is 12.3 Å². The molecule has 1 aliphatic rings. The molecule has 2 rings (SSSR count). The summed E-state index contributed by atoms with van der Waals surface area (Å²) in [7, 11) is 1.62. The van der Waals surface area contributed by atoms with Crippen LogP contribution in [0.2, 0.25) is 0 Å². The number of halogens is 4. The lowest BCUT2D eigenvalue weighted by atomic mass is 10.1. The Morgan fingerprint density at radius 2 is 2.10 bits per heavy atom. The van der Waals surface area contributed by atoms with Crippen molar-refractivity contribution in [3.8, 4) is 5.88 Å². The van der Waals surface area contributed by atoms with Gasteiger partial charge in [0.05, 0.1) is 19.8 Å². The minimum atomic E-state index is -4.50. The second-order valence-electron chi connectivity index (χ2n) is 6.29. The first-order valence-electron chi connectivity index (χ1n) is 9.25. The second kappa shape index (κ2) is 13.8. The van der Waals surface area contributed by atoms with E-state index in [4.69, 9.17) is 14.2 Å². The first-order chi connectivity index (χ1) is 13.5. The van der Waals surface area contributed by atoms with Crippen molar-refractivity contribution in [2.45, 2.75) is 19.0 Å². The summed E-state index contributed by atoms with van der Waals surface area (Å²) in [6, 6.07) is 2.17. The zero-order valence-electron chi connectivity index (χ0n) is 16.3. The first kappa shape index (κ1) is 25.7. The quantitative estimate of drug-likeness (QED) is 0.209. The molecule has 166 valence electrons. The molecule has 1 unspecified atom stereocenters. The van der Waals surface area contributed by atoms with Gasteiger partial charge in [-0.15, -0.1) is 24.0 Å². The Morgan fingerprint density at radius 3 is 2.79 bits per heavy atom. The van der Waals surface area contributed by atoms with Crippen molar-refractivity contribution < 1.29 is 27.4 Å². The minimum absolute atomic E-state index is 0. The lowest BCUT2D eigenvalue weighted by Crippen LogP contribution is -2.40. The molecule has 1 saturated heterocycles. The lowest BCUT2D eigenvalue weighted by molar-refractivity contribution is -0.139. The highest BCUT2D eigenvalue weighted by Gasteiger charge is 2.34. The molecular formula is C18H28F3IN4O3. The van der Waals surface area contributed by atoms with Gasteiger partial charge >= 0.3 is 6.18 Å². The largest absolute Gasteiger partial charge is 0.475 e. The van der Waals surface area contributed by atoms with Crippen LogP contribution >= 0.6 is 24.0 Å². The SMILES string of the molecule is CN=C(NCCCOCC1CCOC1)NCCOc1ncccc1C(F)(F)F.I. The molecule has 1 aromatic heterocycles. The summed E-state index contributed by atoms with van der Waals surface area (Å²) < 4.78 is 54.7. The fourth-order valence-electron chi connectivity index (χ4n) is 2.61. The van der Waals surface area contributed by atoms with Crippen LogP contribution in [0.5, 0.6) is 5.88 Å². The highest BCUT2D eigenvalue weighted by Crippen LogP contribution is 2.34. The molecule has 0 aromatic carbocycles. The predicted molar refractivity (Wildman–Crippen MR) is 114 cm³/mol. The Balaban J connectivity index is 0.00000420. The summed E-state index contributed by atoms with van der Waals surface area (Å²) in [6.45, 7) is 3.93. The highest BCUT2D eigenvalue weighted by molar-refractivity contribution is 14.0. The number of guanidine groups is 1. The molecule has 0 saturated carbocycles. The topological polar surface area (TPSA) is 77.0 Å². The number of hydrogen-bond acceptors (Lipinski definition) is 5. The van der Waals surface area contributed by atoms with Gasteiger partial charge in [0.1, 0.15) is 12.2 Å². The standard InChI is InChI=1S/C18H27F3N4O3.HI/c1-22-17(24-7-3-9-26-12-14-5-10-27-13-14)25-8-11-28-16-15(18(19,20)21)4-2-6-23-16;/h2,4,6,14H,3,5,7-13H2,1H3,(H2,22,24,25);1H. The number of hydrogen-bond donors (Lipinski definition) is 2. The van der Waals surface area contributed by atoms with E-state index in [2.05, 4.69) is 20.6 Å². The van der Waals surface area contributed by atoms with E-state index in [9.17, 15) is 13.2 Å². The summed E-state index contributed by atoms with van der Waals surface area (Å²) in [5.74, 6) is 0.619. The minimum Gasteiger partial charge on any atom is -0.475 e. The second-order valence-corrected chi connectivity index (χ2v) is 6.29. The Hall–Kier alpha value is -1.34. The molecule has 2 heterocycles. The molecule has 1 aromatic rings. The lowest BCUT2D eigenvalue weighted by Gasteiger charge is -2.14. The number of alkyl halides is 3. The average Bonchev–Trinajstić information content (AvgIpc) is 3.19. The zero-order valence-corrected chi connectivity index (χ0v) is 18.7. The fourth-order valence-corrected chi connectivity index (χ4v) is 2.61. The summed E-state index contributed by atoms with van der Waals surface area (Å²) >= 11 is 0. The maximum Gasteiger partial charge on any atom is 0.421 e. The van der Waals surface area contributed by atoms with E-state index in [-0.39, 0.29) is 37.1 Å². The maximum absolute atomic E-state index is 12.9. The van der Waals surface area contributed by atoms with Gasteiger partial charge < -0.3 is 24.8 Å². The third kappa shape index (κ3) is 9.81. The number of aromatic nitrogens is 1. The van der Waals surface area contributed by atoms with Crippen molar-refractivity contribution in [2.75, 3.05) is 53.2 Å². The van der Waals surface area contributed by atoms with Gasteiger partial charge in [-0.3, -0.25) is 4.99 Å². The van der Waals surface area contributed by atoms with Crippen molar-refractivity contribution in [1.82, 2.24) is 15.6 Å². The summed E-state index contributed by atoms with van der Waals surface area (Å²) in [5.41, 5.74) is -0.887. The van der Waals surface area contributed by atoms with E-state index in [1.54, 1.807) is 7.05 Å². The van der Waals surface area contributed by atoms with Crippen molar-refractivity contribution in [3.63, 3.8) is 0 Å². The van der Waals surface area contributed by atoms with Crippen molar-refractivity contribution >= 4 is 29.9 Å². The Labute approximate surface area is 185 Å². The molecule has 1 aliphatic heterocycles. The zero-order chi connectivity index (χ0) is 20.2. The third-order valence-corrected chi connectivity index (χ3v) is 4.07. The van der Waals surface area contributed by atoms with E-state index in [0.717, 1.165) is 38.7 Å². The van der Waals surface area contributed by atoms with Gasteiger partial charge in [-0.05, 0) is 25.0 Å². The van der Waals surface area contributed by atoms with Crippen LogP contribution in [0.25, 0.3) is 0 Å². The number of aliphatic imine (C=N–C) groups is 1. The van der Waals surface area contributed by atoms with Crippen molar-refractivity contribution in [2.24, 2.45) is 10.9 Å². The van der Waals surface area contributed by atoms with Gasteiger partial charge in [0, 0.05) is 38.9 Å². The van der Waals surface area contributed by atoms with Gasteiger partial charge in [0.25, 0.3) is 0 Å². The molecule has 0 amide bonds. The van der Waals surface area contributed by atoms with Crippen molar-refractivity contribution in [1.29, 1.82) is 0 Å². The summed E-state index contributed by atoms with van der Waals surface area (Å²) in [4.78, 5) is 7.71. The predicted octanol–water partition coefficient (Wildman–Crippen LogP) is 2.71. The molecular weight excluding hydrogens is 504 g/mol. The van der Waals surface area contributed by atoms with Crippen LogP contribution in [0.15, 0.2) is 23.3 Å². The van der Waals surface area contributed by atoms with Crippen LogP contribution in [0.1, 0.15) is 18.4 Å². The van der Waals surface area contributed by atoms with Gasteiger partial charge in [0.2, 0.25) is 5.88 Å². The van der Waals surface area contributed by atoms with Crippen LogP contribution in [0.4, 0.5) is 13.2 Å². The fraction of sp³-hybridized carbons (Fsp3) is 0.667. The van der Waals surface area contributed by atoms with E-state index >= 15 is 0 Å². The van der Waals surface area contributed by atoms with Gasteiger partial charge in [-0.2, -0.15) is 13.2 Å². The molecule has 0 aliphatic carbocycles. The molecule has 29 heavy (non-hydrogen) atoms.